The first kappa shape index (κ1) is 17.2. The molecule has 3 heterocycles. The van der Waals surface area contributed by atoms with Gasteiger partial charge in [-0.05, 0) is 36.3 Å². The summed E-state index contributed by atoms with van der Waals surface area (Å²) in [5.74, 6) is 2.50. The Morgan fingerprint density at radius 3 is 2.54 bits per heavy atom. The lowest BCUT2D eigenvalue weighted by Crippen LogP contribution is -2.33. The first-order valence-corrected chi connectivity index (χ1v) is 9.68. The minimum atomic E-state index is -0.115. The van der Waals surface area contributed by atoms with Crippen molar-refractivity contribution in [2.45, 2.75) is 39.8 Å². The van der Waals surface area contributed by atoms with Crippen molar-refractivity contribution in [3.05, 3.63) is 47.0 Å². The van der Waals surface area contributed by atoms with Gasteiger partial charge in [-0.3, -0.25) is 9.69 Å². The largest absolute Gasteiger partial charge is 0.350 e. The van der Waals surface area contributed by atoms with Crippen molar-refractivity contribution >= 4 is 5.91 Å². The molecule has 0 bridgehead atoms. The summed E-state index contributed by atoms with van der Waals surface area (Å²) in [5, 5.41) is 11.3. The molecule has 1 amide bonds. The van der Waals surface area contributed by atoms with E-state index >= 15 is 0 Å². The molecule has 0 unspecified atom stereocenters. The van der Waals surface area contributed by atoms with Crippen LogP contribution in [0.4, 0.5) is 0 Å². The number of carbonyl (C=O) groups is 1. The predicted octanol–water partition coefficient (Wildman–Crippen LogP) is 1.89. The third-order valence-electron chi connectivity index (χ3n) is 5.72. The summed E-state index contributed by atoms with van der Waals surface area (Å²) >= 11 is 0. The third kappa shape index (κ3) is 3.26. The van der Waals surface area contributed by atoms with Gasteiger partial charge in [-0.1, -0.05) is 31.2 Å². The number of aryl methyl sites for hydroxylation is 1. The van der Waals surface area contributed by atoms with Gasteiger partial charge in [0.2, 0.25) is 5.82 Å². The molecule has 0 radical (unpaired) electrons. The zero-order valence-electron chi connectivity index (χ0n) is 15.6. The van der Waals surface area contributed by atoms with Crippen molar-refractivity contribution in [2.24, 2.45) is 11.8 Å². The molecule has 2 atom stereocenters. The number of amides is 1. The maximum Gasteiger partial charge on any atom is 0.289 e. The molecule has 1 aromatic carbocycles. The summed E-state index contributed by atoms with van der Waals surface area (Å²) in [6.45, 7) is 8.75. The van der Waals surface area contributed by atoms with Crippen LogP contribution in [0.1, 0.15) is 41.4 Å². The lowest BCUT2D eigenvalue weighted by molar-refractivity contribution is 0.0937. The molecule has 4 rings (SSSR count). The molecule has 138 valence electrons. The number of nitrogens with one attached hydrogen (secondary N) is 1. The van der Waals surface area contributed by atoms with Gasteiger partial charge in [-0.15, -0.1) is 10.2 Å². The smallest absolute Gasteiger partial charge is 0.289 e. The zero-order valence-corrected chi connectivity index (χ0v) is 15.6. The van der Waals surface area contributed by atoms with E-state index in [2.05, 4.69) is 51.6 Å². The quantitative estimate of drug-likeness (QED) is 0.892. The summed E-state index contributed by atoms with van der Waals surface area (Å²) in [4.78, 5) is 14.7. The lowest BCUT2D eigenvalue weighted by atomic mass is 9.89. The molecular weight excluding hydrogens is 326 g/mol. The molecule has 26 heavy (non-hydrogen) atoms. The Kier molecular flexibility index (Phi) is 4.76. The van der Waals surface area contributed by atoms with E-state index < -0.39 is 0 Å². The second-order valence-corrected chi connectivity index (χ2v) is 7.50. The van der Waals surface area contributed by atoms with Gasteiger partial charge in [0.25, 0.3) is 5.91 Å². The number of fused-ring (bicyclic) bond motifs is 2. The topological polar surface area (TPSA) is 63.1 Å². The van der Waals surface area contributed by atoms with Crippen LogP contribution < -0.4 is 5.32 Å². The summed E-state index contributed by atoms with van der Waals surface area (Å²) in [7, 11) is 0. The highest BCUT2D eigenvalue weighted by Crippen LogP contribution is 2.33. The SMILES string of the molecule is CCNC(=O)c1nnc2n1C[C@@H]1CN(Cc3ccc(CC)cc3)C[C@@H]1C2. The van der Waals surface area contributed by atoms with Crippen LogP contribution in [-0.2, 0) is 25.9 Å². The van der Waals surface area contributed by atoms with E-state index in [0.717, 1.165) is 44.8 Å². The summed E-state index contributed by atoms with van der Waals surface area (Å²) in [6.07, 6.45) is 2.00. The van der Waals surface area contributed by atoms with Gasteiger partial charge in [0.1, 0.15) is 5.82 Å². The third-order valence-corrected chi connectivity index (χ3v) is 5.72. The molecule has 1 aromatic heterocycles. The van der Waals surface area contributed by atoms with Crippen molar-refractivity contribution in [3.8, 4) is 0 Å². The molecule has 1 N–H and O–H groups in total. The van der Waals surface area contributed by atoms with Gasteiger partial charge in [0.05, 0.1) is 0 Å². The highest BCUT2D eigenvalue weighted by Gasteiger charge is 2.38. The molecular formula is C20H27N5O. The second kappa shape index (κ2) is 7.19. The standard InChI is InChI=1S/C20H27N5O/c1-3-14-5-7-15(8-6-14)10-24-11-16-9-18-22-23-19(20(26)21-4-2)25(18)13-17(16)12-24/h5-8,16-17H,3-4,9-13H2,1-2H3,(H,21,26)/t16-,17-/m0/s1. The first-order valence-electron chi connectivity index (χ1n) is 9.68. The van der Waals surface area contributed by atoms with Crippen molar-refractivity contribution in [1.82, 2.24) is 25.0 Å². The molecule has 1 saturated heterocycles. The number of rotatable bonds is 5. The number of hydrogen-bond donors (Lipinski definition) is 1. The van der Waals surface area contributed by atoms with Crippen LogP contribution in [0.2, 0.25) is 0 Å². The maximum absolute atomic E-state index is 12.2. The predicted molar refractivity (Wildman–Crippen MR) is 99.8 cm³/mol. The van der Waals surface area contributed by atoms with Gasteiger partial charge in [0.15, 0.2) is 0 Å². The molecule has 6 nitrogen and oxygen atoms in total. The number of hydrogen-bond acceptors (Lipinski definition) is 4. The van der Waals surface area contributed by atoms with Crippen molar-refractivity contribution in [2.75, 3.05) is 19.6 Å². The highest BCUT2D eigenvalue weighted by atomic mass is 16.2. The Morgan fingerprint density at radius 1 is 1.08 bits per heavy atom. The van der Waals surface area contributed by atoms with Crippen molar-refractivity contribution in [3.63, 3.8) is 0 Å². The minimum Gasteiger partial charge on any atom is -0.350 e. The van der Waals surface area contributed by atoms with E-state index in [9.17, 15) is 4.79 Å². The van der Waals surface area contributed by atoms with Gasteiger partial charge in [-0.25, -0.2) is 0 Å². The molecule has 1 fully saturated rings. The van der Waals surface area contributed by atoms with E-state index in [1.165, 1.54) is 11.1 Å². The van der Waals surface area contributed by atoms with Crippen LogP contribution in [0.5, 0.6) is 0 Å². The van der Waals surface area contributed by atoms with Crippen LogP contribution >= 0.6 is 0 Å². The summed E-state index contributed by atoms with van der Waals surface area (Å²) in [6, 6.07) is 8.97. The van der Waals surface area contributed by atoms with Gasteiger partial charge >= 0.3 is 0 Å². The molecule has 2 aromatic rings. The molecule has 0 spiro atoms. The van der Waals surface area contributed by atoms with Crippen LogP contribution in [0.3, 0.4) is 0 Å². The van der Waals surface area contributed by atoms with Crippen molar-refractivity contribution in [1.29, 1.82) is 0 Å². The van der Waals surface area contributed by atoms with E-state index in [-0.39, 0.29) is 5.91 Å². The van der Waals surface area contributed by atoms with E-state index in [1.54, 1.807) is 0 Å². The minimum absolute atomic E-state index is 0.115. The highest BCUT2D eigenvalue weighted by molar-refractivity contribution is 5.90. The van der Waals surface area contributed by atoms with E-state index in [0.29, 0.717) is 24.2 Å². The number of carbonyl (C=O) groups excluding carboxylic acids is 1. The van der Waals surface area contributed by atoms with Gasteiger partial charge in [0, 0.05) is 39.1 Å². The Labute approximate surface area is 154 Å². The van der Waals surface area contributed by atoms with Crippen LogP contribution in [0, 0.1) is 11.8 Å². The monoisotopic (exact) mass is 353 g/mol. The fraction of sp³-hybridized carbons (Fsp3) is 0.550. The summed E-state index contributed by atoms with van der Waals surface area (Å²) < 4.78 is 2.03. The van der Waals surface area contributed by atoms with Crippen LogP contribution in [0.15, 0.2) is 24.3 Å². The Bertz CT molecular complexity index is 782. The zero-order chi connectivity index (χ0) is 18.1. The van der Waals surface area contributed by atoms with E-state index in [1.807, 2.05) is 11.5 Å². The number of aromatic nitrogens is 3. The number of benzene rings is 1. The average molecular weight is 353 g/mol. The van der Waals surface area contributed by atoms with Gasteiger partial charge < -0.3 is 9.88 Å². The Balaban J connectivity index is 1.43. The molecule has 6 heteroatoms. The Morgan fingerprint density at radius 2 is 1.81 bits per heavy atom. The number of likely N-dealkylation sites (tertiary alicyclic amines) is 1. The van der Waals surface area contributed by atoms with Crippen LogP contribution in [-0.4, -0.2) is 45.2 Å². The Hall–Kier alpha value is -2.21. The normalized spacial score (nSPS) is 22.1. The number of nitrogens with zero attached hydrogens (tertiary/aromatic N) is 4. The summed E-state index contributed by atoms with van der Waals surface area (Å²) in [5.41, 5.74) is 2.77. The fourth-order valence-electron chi connectivity index (χ4n) is 4.30. The maximum atomic E-state index is 12.2. The lowest BCUT2D eigenvalue weighted by Gasteiger charge is -2.25. The van der Waals surface area contributed by atoms with Gasteiger partial charge in [-0.2, -0.15) is 0 Å². The molecule has 2 aliphatic heterocycles. The fourth-order valence-corrected chi connectivity index (χ4v) is 4.30. The average Bonchev–Trinajstić information content (AvgIpc) is 3.23. The van der Waals surface area contributed by atoms with Crippen LogP contribution in [0.25, 0.3) is 0 Å². The first-order chi connectivity index (χ1) is 12.7. The van der Waals surface area contributed by atoms with Crippen molar-refractivity contribution < 1.29 is 4.79 Å². The molecule has 0 aliphatic carbocycles. The van der Waals surface area contributed by atoms with E-state index in [4.69, 9.17) is 0 Å². The molecule has 2 aliphatic rings. The second-order valence-electron chi connectivity index (χ2n) is 7.50. The molecule has 0 saturated carbocycles.